The lowest BCUT2D eigenvalue weighted by Gasteiger charge is -2.33. The molecule has 0 fully saturated rings. The van der Waals surface area contributed by atoms with Crippen LogP contribution in [0.15, 0.2) is 42.0 Å². The predicted octanol–water partition coefficient (Wildman–Crippen LogP) is 2.69. The molecule has 1 aliphatic carbocycles. The van der Waals surface area contributed by atoms with Gasteiger partial charge in [0.25, 0.3) is 0 Å². The van der Waals surface area contributed by atoms with Crippen LogP contribution in [-0.4, -0.2) is 29.9 Å². The first-order valence-corrected chi connectivity index (χ1v) is 7.20. The van der Waals surface area contributed by atoms with Gasteiger partial charge < -0.3 is 9.64 Å². The maximum absolute atomic E-state index is 11.9. The van der Waals surface area contributed by atoms with Crippen molar-refractivity contribution < 1.29 is 14.3 Å². The number of rotatable bonds is 4. The normalized spacial score (nSPS) is 17.8. The number of amides is 1. The van der Waals surface area contributed by atoms with Crippen molar-refractivity contribution in [1.82, 2.24) is 4.90 Å². The minimum absolute atomic E-state index is 0.0683. The third kappa shape index (κ3) is 3.94. The van der Waals surface area contributed by atoms with Crippen molar-refractivity contribution in [1.29, 1.82) is 0 Å². The van der Waals surface area contributed by atoms with Crippen LogP contribution in [0.5, 0.6) is 0 Å². The van der Waals surface area contributed by atoms with E-state index in [-0.39, 0.29) is 17.9 Å². The lowest BCUT2D eigenvalue weighted by molar-refractivity contribution is -0.136. The Hall–Kier alpha value is -2.10. The molecule has 0 bridgehead atoms. The molecule has 4 heteroatoms. The SMILES string of the molecule is COC(=O)C1=CCC(N(Cc2ccccc2)C(C)=O)CC1. The van der Waals surface area contributed by atoms with Crippen LogP contribution >= 0.6 is 0 Å². The Balaban J connectivity index is 2.05. The van der Waals surface area contributed by atoms with Gasteiger partial charge in [-0.2, -0.15) is 0 Å². The summed E-state index contributed by atoms with van der Waals surface area (Å²) in [5.74, 6) is -0.190. The highest BCUT2D eigenvalue weighted by atomic mass is 16.5. The van der Waals surface area contributed by atoms with E-state index in [2.05, 4.69) is 0 Å². The number of esters is 1. The van der Waals surface area contributed by atoms with Gasteiger partial charge in [0, 0.05) is 25.1 Å². The summed E-state index contributed by atoms with van der Waals surface area (Å²) in [5, 5.41) is 0. The molecule has 0 radical (unpaired) electrons. The Bertz CT molecular complexity index is 536. The maximum Gasteiger partial charge on any atom is 0.333 e. The first kappa shape index (κ1) is 15.3. The van der Waals surface area contributed by atoms with Crippen molar-refractivity contribution in [3.63, 3.8) is 0 Å². The van der Waals surface area contributed by atoms with Gasteiger partial charge in [-0.3, -0.25) is 4.79 Å². The van der Waals surface area contributed by atoms with Crippen LogP contribution in [0, 0.1) is 0 Å². The Morgan fingerprint density at radius 2 is 2.00 bits per heavy atom. The second kappa shape index (κ2) is 7.07. The monoisotopic (exact) mass is 287 g/mol. The Morgan fingerprint density at radius 3 is 2.52 bits per heavy atom. The molecule has 112 valence electrons. The Morgan fingerprint density at radius 1 is 1.29 bits per heavy atom. The van der Waals surface area contributed by atoms with Crippen LogP contribution in [0.3, 0.4) is 0 Å². The quantitative estimate of drug-likeness (QED) is 0.800. The molecule has 1 unspecified atom stereocenters. The van der Waals surface area contributed by atoms with E-state index in [0.717, 1.165) is 17.6 Å². The standard InChI is InChI=1S/C17H21NO3/c1-13(19)18(12-14-6-4-3-5-7-14)16-10-8-15(9-11-16)17(20)21-2/h3-8,16H,9-12H2,1-2H3. The van der Waals surface area contributed by atoms with Crippen LogP contribution in [0.1, 0.15) is 31.7 Å². The summed E-state index contributed by atoms with van der Waals surface area (Å²) in [6.07, 6.45) is 4.07. The number of ether oxygens (including phenoxy) is 1. The number of nitrogens with zero attached hydrogens (tertiary/aromatic N) is 1. The molecule has 4 nitrogen and oxygen atoms in total. The second-order valence-corrected chi connectivity index (χ2v) is 5.28. The fourth-order valence-electron chi connectivity index (χ4n) is 2.70. The Labute approximate surface area is 125 Å². The Kier molecular flexibility index (Phi) is 5.14. The zero-order valence-corrected chi connectivity index (χ0v) is 12.5. The molecule has 0 heterocycles. The van der Waals surface area contributed by atoms with E-state index in [9.17, 15) is 9.59 Å². The van der Waals surface area contributed by atoms with Crippen molar-refractivity contribution in [2.45, 2.75) is 38.8 Å². The molecule has 1 atom stereocenters. The summed E-state index contributed by atoms with van der Waals surface area (Å²) >= 11 is 0. The summed E-state index contributed by atoms with van der Waals surface area (Å²) in [5.41, 5.74) is 1.84. The molecule has 0 spiro atoms. The zero-order chi connectivity index (χ0) is 15.2. The largest absolute Gasteiger partial charge is 0.466 e. The molecule has 21 heavy (non-hydrogen) atoms. The van der Waals surface area contributed by atoms with E-state index in [1.807, 2.05) is 41.3 Å². The van der Waals surface area contributed by atoms with E-state index < -0.39 is 0 Å². The van der Waals surface area contributed by atoms with Gasteiger partial charge >= 0.3 is 5.97 Å². The molecule has 0 saturated carbocycles. The number of hydrogen-bond acceptors (Lipinski definition) is 3. The molecule has 0 saturated heterocycles. The molecule has 1 aromatic carbocycles. The lowest BCUT2D eigenvalue weighted by atomic mass is 9.93. The molecular formula is C17H21NO3. The third-order valence-electron chi connectivity index (χ3n) is 3.87. The molecule has 2 rings (SSSR count). The molecule has 0 N–H and O–H groups in total. The van der Waals surface area contributed by atoms with Crippen molar-refractivity contribution in [3.8, 4) is 0 Å². The van der Waals surface area contributed by atoms with Crippen molar-refractivity contribution in [2.24, 2.45) is 0 Å². The average molecular weight is 287 g/mol. The van der Waals surface area contributed by atoms with Crippen molar-refractivity contribution >= 4 is 11.9 Å². The molecule has 1 aromatic rings. The fourth-order valence-corrected chi connectivity index (χ4v) is 2.70. The van der Waals surface area contributed by atoms with Crippen LogP contribution in [0.2, 0.25) is 0 Å². The van der Waals surface area contributed by atoms with Crippen molar-refractivity contribution in [3.05, 3.63) is 47.5 Å². The number of carbonyl (C=O) groups excluding carboxylic acids is 2. The van der Waals surface area contributed by atoms with Gasteiger partial charge in [-0.05, 0) is 24.8 Å². The molecule has 0 aromatic heterocycles. The van der Waals surface area contributed by atoms with Crippen LogP contribution in [0.4, 0.5) is 0 Å². The highest BCUT2D eigenvalue weighted by molar-refractivity contribution is 5.88. The summed E-state index contributed by atoms with van der Waals surface area (Å²) < 4.78 is 4.74. The maximum atomic E-state index is 11.9. The van der Waals surface area contributed by atoms with E-state index in [0.29, 0.717) is 19.4 Å². The second-order valence-electron chi connectivity index (χ2n) is 5.28. The van der Waals surface area contributed by atoms with Gasteiger partial charge in [0.1, 0.15) is 0 Å². The predicted molar refractivity (Wildman–Crippen MR) is 80.4 cm³/mol. The topological polar surface area (TPSA) is 46.6 Å². The van der Waals surface area contributed by atoms with E-state index >= 15 is 0 Å². The van der Waals surface area contributed by atoms with Crippen LogP contribution in [-0.2, 0) is 20.9 Å². The molecule has 1 amide bonds. The minimum Gasteiger partial charge on any atom is -0.466 e. The fraction of sp³-hybridized carbons (Fsp3) is 0.412. The van der Waals surface area contributed by atoms with Crippen LogP contribution < -0.4 is 0 Å². The van der Waals surface area contributed by atoms with Gasteiger partial charge in [0.05, 0.1) is 7.11 Å². The van der Waals surface area contributed by atoms with Crippen molar-refractivity contribution in [2.75, 3.05) is 7.11 Å². The smallest absolute Gasteiger partial charge is 0.333 e. The van der Waals surface area contributed by atoms with E-state index in [4.69, 9.17) is 4.74 Å². The van der Waals surface area contributed by atoms with E-state index in [1.165, 1.54) is 7.11 Å². The lowest BCUT2D eigenvalue weighted by Crippen LogP contribution is -2.39. The summed E-state index contributed by atoms with van der Waals surface area (Å²) in [6.45, 7) is 2.21. The zero-order valence-electron chi connectivity index (χ0n) is 12.5. The molecule has 1 aliphatic rings. The summed E-state index contributed by atoms with van der Waals surface area (Å²) in [7, 11) is 1.40. The van der Waals surface area contributed by atoms with Gasteiger partial charge in [-0.15, -0.1) is 0 Å². The van der Waals surface area contributed by atoms with E-state index in [1.54, 1.807) is 6.92 Å². The molecule has 0 aliphatic heterocycles. The van der Waals surface area contributed by atoms with Crippen LogP contribution in [0.25, 0.3) is 0 Å². The average Bonchev–Trinajstić information content (AvgIpc) is 2.53. The highest BCUT2D eigenvalue weighted by Crippen LogP contribution is 2.24. The first-order chi connectivity index (χ1) is 10.1. The third-order valence-corrected chi connectivity index (χ3v) is 3.87. The number of hydrogen-bond donors (Lipinski definition) is 0. The highest BCUT2D eigenvalue weighted by Gasteiger charge is 2.25. The summed E-state index contributed by atoms with van der Waals surface area (Å²) in [4.78, 5) is 25.3. The number of methoxy groups -OCH3 is 1. The van der Waals surface area contributed by atoms with Gasteiger partial charge in [0.2, 0.25) is 5.91 Å². The summed E-state index contributed by atoms with van der Waals surface area (Å²) in [6, 6.07) is 10.1. The van der Waals surface area contributed by atoms with Gasteiger partial charge in [-0.25, -0.2) is 4.79 Å². The minimum atomic E-state index is -0.258. The molecular weight excluding hydrogens is 266 g/mol. The van der Waals surface area contributed by atoms with Gasteiger partial charge in [-0.1, -0.05) is 36.4 Å². The number of benzene rings is 1. The van der Waals surface area contributed by atoms with Gasteiger partial charge in [0.15, 0.2) is 0 Å². The number of carbonyl (C=O) groups is 2. The first-order valence-electron chi connectivity index (χ1n) is 7.20.